The lowest BCUT2D eigenvalue weighted by Crippen LogP contribution is -2.48. The fourth-order valence-electron chi connectivity index (χ4n) is 4.96. The van der Waals surface area contributed by atoms with Crippen LogP contribution in [0.4, 0.5) is 0 Å². The van der Waals surface area contributed by atoms with Gasteiger partial charge in [0.1, 0.15) is 0 Å². The van der Waals surface area contributed by atoms with Gasteiger partial charge in [-0.05, 0) is 57.1 Å². The molecule has 0 aliphatic carbocycles. The molecule has 0 saturated carbocycles. The average molecular weight is 372 g/mol. The van der Waals surface area contributed by atoms with E-state index < -0.39 is 0 Å². The van der Waals surface area contributed by atoms with Crippen LogP contribution in [-0.4, -0.2) is 50.5 Å². The van der Waals surface area contributed by atoms with Crippen molar-refractivity contribution in [1.82, 2.24) is 10.6 Å². The van der Waals surface area contributed by atoms with E-state index in [2.05, 4.69) is 48.7 Å². The van der Waals surface area contributed by atoms with Gasteiger partial charge >= 0.3 is 0 Å². The van der Waals surface area contributed by atoms with Gasteiger partial charge in [-0.3, -0.25) is 4.99 Å². The lowest BCUT2D eigenvalue weighted by atomic mass is 9.72. The first-order chi connectivity index (χ1) is 13.2. The Morgan fingerprint density at radius 2 is 2.04 bits per heavy atom. The first kappa shape index (κ1) is 18.8. The summed E-state index contributed by atoms with van der Waals surface area (Å²) in [7, 11) is 0. The lowest BCUT2D eigenvalue weighted by molar-refractivity contribution is 0.0529. The van der Waals surface area contributed by atoms with Gasteiger partial charge in [-0.15, -0.1) is 0 Å². The third-order valence-corrected chi connectivity index (χ3v) is 6.48. The molecule has 3 aliphatic heterocycles. The van der Waals surface area contributed by atoms with Gasteiger partial charge in [-0.25, -0.2) is 0 Å². The lowest BCUT2D eigenvalue weighted by Gasteiger charge is -2.38. The van der Waals surface area contributed by atoms with Crippen LogP contribution in [0.3, 0.4) is 0 Å². The molecule has 1 aromatic rings. The Bertz CT molecular complexity index is 669. The number of nitrogens with one attached hydrogen (secondary N) is 2. The zero-order valence-electron chi connectivity index (χ0n) is 16.7. The molecule has 0 spiro atoms. The summed E-state index contributed by atoms with van der Waals surface area (Å²) < 4.78 is 11.7. The maximum absolute atomic E-state index is 6.00. The number of hydrogen-bond donors (Lipinski definition) is 2. The van der Waals surface area contributed by atoms with E-state index in [1.54, 1.807) is 0 Å². The van der Waals surface area contributed by atoms with Crippen molar-refractivity contribution in [3.8, 4) is 0 Å². The SMILES string of the molecule is CCNC(=NCC1(c2ccccc2C)CCOCC1)NC1CC2CCC1O2. The van der Waals surface area contributed by atoms with E-state index in [1.807, 2.05) is 0 Å². The van der Waals surface area contributed by atoms with E-state index >= 15 is 0 Å². The molecule has 2 N–H and O–H groups in total. The van der Waals surface area contributed by atoms with Crippen LogP contribution in [0, 0.1) is 6.92 Å². The predicted molar refractivity (Wildman–Crippen MR) is 108 cm³/mol. The predicted octanol–water partition coefficient (Wildman–Crippen LogP) is 2.92. The summed E-state index contributed by atoms with van der Waals surface area (Å²) in [5.74, 6) is 0.929. The minimum absolute atomic E-state index is 0.0666. The smallest absolute Gasteiger partial charge is 0.191 e. The minimum atomic E-state index is 0.0666. The molecule has 2 bridgehead atoms. The molecule has 148 valence electrons. The molecule has 1 aromatic carbocycles. The summed E-state index contributed by atoms with van der Waals surface area (Å²) in [6.07, 6.45) is 6.34. The number of rotatable bonds is 5. The number of fused-ring (bicyclic) bond motifs is 2. The molecule has 5 heteroatoms. The molecule has 3 heterocycles. The number of nitrogens with zero attached hydrogens (tertiary/aromatic N) is 1. The van der Waals surface area contributed by atoms with E-state index in [-0.39, 0.29) is 5.41 Å². The summed E-state index contributed by atoms with van der Waals surface area (Å²) in [5.41, 5.74) is 2.85. The molecule has 3 fully saturated rings. The topological polar surface area (TPSA) is 54.9 Å². The third-order valence-electron chi connectivity index (χ3n) is 6.48. The largest absolute Gasteiger partial charge is 0.381 e. The Hall–Kier alpha value is -1.59. The molecule has 3 saturated heterocycles. The normalized spacial score (nSPS) is 29.7. The van der Waals surface area contributed by atoms with Gasteiger partial charge in [0.2, 0.25) is 0 Å². The second-order valence-electron chi connectivity index (χ2n) is 8.26. The van der Waals surface area contributed by atoms with E-state index in [4.69, 9.17) is 14.5 Å². The van der Waals surface area contributed by atoms with Crippen molar-refractivity contribution in [2.45, 2.75) is 69.6 Å². The van der Waals surface area contributed by atoms with Gasteiger partial charge in [0.25, 0.3) is 0 Å². The molecular weight excluding hydrogens is 338 g/mol. The minimum Gasteiger partial charge on any atom is -0.381 e. The standard InChI is InChI=1S/C22H33N3O2/c1-3-23-21(25-19-14-17-8-9-20(19)27-17)24-15-22(10-12-26-13-11-22)18-7-5-4-6-16(18)2/h4-7,17,19-20H,3,8-15H2,1-2H3,(H2,23,24,25). The van der Waals surface area contributed by atoms with Crippen LogP contribution in [-0.2, 0) is 14.9 Å². The Morgan fingerprint density at radius 3 is 2.70 bits per heavy atom. The van der Waals surface area contributed by atoms with Gasteiger partial charge in [-0.2, -0.15) is 0 Å². The fourth-order valence-corrected chi connectivity index (χ4v) is 4.96. The van der Waals surface area contributed by atoms with Crippen molar-refractivity contribution in [3.05, 3.63) is 35.4 Å². The van der Waals surface area contributed by atoms with Crippen molar-refractivity contribution in [1.29, 1.82) is 0 Å². The van der Waals surface area contributed by atoms with Crippen molar-refractivity contribution in [2.75, 3.05) is 26.3 Å². The highest BCUT2D eigenvalue weighted by atomic mass is 16.5. The molecule has 0 amide bonds. The number of ether oxygens (including phenoxy) is 2. The van der Waals surface area contributed by atoms with E-state index in [0.29, 0.717) is 18.2 Å². The average Bonchev–Trinajstić information content (AvgIpc) is 3.31. The number of aryl methyl sites for hydroxylation is 1. The molecule has 3 unspecified atom stereocenters. The van der Waals surface area contributed by atoms with Crippen LogP contribution in [0.25, 0.3) is 0 Å². The number of guanidine groups is 1. The number of aliphatic imine (C=N–C) groups is 1. The molecule has 0 radical (unpaired) electrons. The Kier molecular flexibility index (Phi) is 5.69. The van der Waals surface area contributed by atoms with Crippen LogP contribution >= 0.6 is 0 Å². The number of benzene rings is 1. The first-order valence-electron chi connectivity index (χ1n) is 10.5. The van der Waals surface area contributed by atoms with Gasteiger partial charge in [0, 0.05) is 25.2 Å². The maximum Gasteiger partial charge on any atom is 0.191 e. The van der Waals surface area contributed by atoms with Crippen molar-refractivity contribution in [3.63, 3.8) is 0 Å². The van der Waals surface area contributed by atoms with Crippen LogP contribution in [0.1, 0.15) is 50.2 Å². The van der Waals surface area contributed by atoms with Gasteiger partial charge in [0.05, 0.1) is 24.8 Å². The van der Waals surface area contributed by atoms with E-state index in [1.165, 1.54) is 24.0 Å². The van der Waals surface area contributed by atoms with Gasteiger partial charge < -0.3 is 20.1 Å². The highest BCUT2D eigenvalue weighted by Gasteiger charge is 2.41. The molecule has 0 aromatic heterocycles. The van der Waals surface area contributed by atoms with Gasteiger partial charge in [0.15, 0.2) is 5.96 Å². The fraction of sp³-hybridized carbons (Fsp3) is 0.682. The van der Waals surface area contributed by atoms with Crippen molar-refractivity contribution in [2.24, 2.45) is 4.99 Å². The quantitative estimate of drug-likeness (QED) is 0.617. The Labute approximate surface area is 162 Å². The van der Waals surface area contributed by atoms with Crippen molar-refractivity contribution >= 4 is 5.96 Å². The highest BCUT2D eigenvalue weighted by molar-refractivity contribution is 5.80. The summed E-state index contributed by atoms with van der Waals surface area (Å²) in [6, 6.07) is 9.16. The molecule has 5 nitrogen and oxygen atoms in total. The monoisotopic (exact) mass is 371 g/mol. The van der Waals surface area contributed by atoms with Crippen LogP contribution in [0.15, 0.2) is 29.3 Å². The van der Waals surface area contributed by atoms with Crippen LogP contribution in [0.5, 0.6) is 0 Å². The summed E-state index contributed by atoms with van der Waals surface area (Å²) in [5, 5.41) is 7.10. The molecular formula is C22H33N3O2. The van der Waals surface area contributed by atoms with E-state index in [0.717, 1.165) is 51.5 Å². The summed E-state index contributed by atoms with van der Waals surface area (Å²) in [6.45, 7) is 7.63. The van der Waals surface area contributed by atoms with Gasteiger partial charge in [-0.1, -0.05) is 24.3 Å². The third kappa shape index (κ3) is 3.99. The van der Waals surface area contributed by atoms with Crippen LogP contribution < -0.4 is 10.6 Å². The molecule has 4 rings (SSSR count). The van der Waals surface area contributed by atoms with Crippen LogP contribution in [0.2, 0.25) is 0 Å². The zero-order valence-corrected chi connectivity index (χ0v) is 16.7. The first-order valence-corrected chi connectivity index (χ1v) is 10.5. The Morgan fingerprint density at radius 1 is 1.22 bits per heavy atom. The summed E-state index contributed by atoms with van der Waals surface area (Å²) >= 11 is 0. The molecule has 3 aliphatic rings. The zero-order chi connectivity index (χ0) is 18.7. The molecule has 27 heavy (non-hydrogen) atoms. The Balaban J connectivity index is 1.52. The van der Waals surface area contributed by atoms with E-state index in [9.17, 15) is 0 Å². The molecule has 3 atom stereocenters. The highest BCUT2D eigenvalue weighted by Crippen LogP contribution is 2.37. The maximum atomic E-state index is 6.00. The summed E-state index contributed by atoms with van der Waals surface area (Å²) in [4.78, 5) is 5.06. The van der Waals surface area contributed by atoms with Crippen molar-refractivity contribution < 1.29 is 9.47 Å². The second-order valence-corrected chi connectivity index (χ2v) is 8.26. The number of hydrogen-bond acceptors (Lipinski definition) is 3. The second kappa shape index (κ2) is 8.19.